The van der Waals surface area contributed by atoms with Gasteiger partial charge in [0.25, 0.3) is 0 Å². The Morgan fingerprint density at radius 2 is 2.60 bits per heavy atom. The van der Waals surface area contributed by atoms with Gasteiger partial charge in [0.1, 0.15) is 12.5 Å². The van der Waals surface area contributed by atoms with Crippen molar-refractivity contribution in [2.75, 3.05) is 17.4 Å². The smallest absolute Gasteiger partial charge is 0.242 e. The summed E-state index contributed by atoms with van der Waals surface area (Å²) in [5.74, 6) is 0.889. The van der Waals surface area contributed by atoms with E-state index in [-0.39, 0.29) is 5.62 Å². The van der Waals surface area contributed by atoms with Crippen LogP contribution in [0.2, 0.25) is 0 Å². The number of nitrogens with zero attached hydrogens (tertiary/aromatic N) is 2. The number of nitrogens with one attached hydrogen (secondary N) is 3. The number of aromatic nitrogens is 2. The molecule has 1 aliphatic heterocycles. The van der Waals surface area contributed by atoms with E-state index in [1.54, 1.807) is 10.9 Å². The summed E-state index contributed by atoms with van der Waals surface area (Å²) < 4.78 is 1.60. The van der Waals surface area contributed by atoms with Crippen molar-refractivity contribution >= 4 is 5.82 Å². The highest BCUT2D eigenvalue weighted by Gasteiger charge is 2.05. The molecule has 1 aliphatic rings. The van der Waals surface area contributed by atoms with E-state index in [2.05, 4.69) is 15.7 Å². The van der Waals surface area contributed by atoms with Crippen LogP contribution in [-0.2, 0) is 0 Å². The average molecular weight is 137 g/mol. The average Bonchev–Trinajstić information content (AvgIpc) is 2.36. The first-order chi connectivity index (χ1) is 4.88. The molecule has 2 rings (SSSR count). The maximum absolute atomic E-state index is 7.30. The van der Waals surface area contributed by atoms with Crippen LogP contribution in [0.3, 0.4) is 0 Å². The van der Waals surface area contributed by atoms with Crippen LogP contribution < -0.4 is 16.4 Å². The molecule has 0 fully saturated rings. The zero-order valence-electron chi connectivity index (χ0n) is 5.26. The third-order valence-electron chi connectivity index (χ3n) is 1.39. The van der Waals surface area contributed by atoms with E-state index in [0.29, 0.717) is 6.67 Å². The summed E-state index contributed by atoms with van der Waals surface area (Å²) in [4.78, 5) is 3.78. The Morgan fingerprint density at radius 3 is 3.40 bits per heavy atom. The Hall–Kier alpha value is -1.52. The van der Waals surface area contributed by atoms with Crippen LogP contribution in [0.4, 0.5) is 5.82 Å². The van der Waals surface area contributed by atoms with Gasteiger partial charge in [-0.1, -0.05) is 0 Å². The molecule has 0 spiro atoms. The predicted octanol–water partition coefficient (Wildman–Crippen LogP) is -0.711. The molecule has 5 nitrogen and oxygen atoms in total. The lowest BCUT2D eigenvalue weighted by Crippen LogP contribution is -2.26. The molecule has 0 saturated carbocycles. The lowest BCUT2D eigenvalue weighted by atomic mass is 10.6. The maximum Gasteiger partial charge on any atom is 0.242 e. The van der Waals surface area contributed by atoms with E-state index < -0.39 is 0 Å². The first-order valence-electron chi connectivity index (χ1n) is 2.98. The normalized spacial score (nSPS) is 13.6. The Labute approximate surface area is 57.2 Å². The molecule has 0 aromatic carbocycles. The first kappa shape index (κ1) is 5.28. The first-order valence-corrected chi connectivity index (χ1v) is 2.98. The SMILES string of the molecule is N=c1nccc2n1NCN2. The summed E-state index contributed by atoms with van der Waals surface area (Å²) in [6.45, 7) is 0.664. The van der Waals surface area contributed by atoms with Crippen LogP contribution in [0.15, 0.2) is 12.3 Å². The number of hydrogen-bond acceptors (Lipinski definition) is 4. The van der Waals surface area contributed by atoms with Crippen molar-refractivity contribution in [3.63, 3.8) is 0 Å². The lowest BCUT2D eigenvalue weighted by molar-refractivity contribution is 0.804. The maximum atomic E-state index is 7.30. The molecular formula is C5H7N5. The van der Waals surface area contributed by atoms with Crippen molar-refractivity contribution in [3.05, 3.63) is 17.9 Å². The number of anilines is 1. The number of fused-ring (bicyclic) bond motifs is 1. The molecular weight excluding hydrogens is 130 g/mol. The van der Waals surface area contributed by atoms with E-state index in [1.807, 2.05) is 6.07 Å². The van der Waals surface area contributed by atoms with Gasteiger partial charge >= 0.3 is 0 Å². The van der Waals surface area contributed by atoms with E-state index >= 15 is 0 Å². The molecule has 2 heterocycles. The van der Waals surface area contributed by atoms with Gasteiger partial charge in [-0.2, -0.15) is 0 Å². The van der Waals surface area contributed by atoms with Crippen LogP contribution in [0.25, 0.3) is 0 Å². The standard InChI is InChI=1S/C5H7N5/c6-5-7-2-1-4-8-3-9-10(4)5/h1-2,6,8-9H,3H2. The van der Waals surface area contributed by atoms with Crippen molar-refractivity contribution in [1.29, 1.82) is 5.41 Å². The van der Waals surface area contributed by atoms with Gasteiger partial charge in [-0.05, 0) is 6.07 Å². The molecule has 5 heteroatoms. The quantitative estimate of drug-likeness (QED) is 0.442. The van der Waals surface area contributed by atoms with E-state index in [4.69, 9.17) is 5.41 Å². The topological polar surface area (TPSA) is 65.7 Å². The highest BCUT2D eigenvalue weighted by molar-refractivity contribution is 5.38. The highest BCUT2D eigenvalue weighted by atomic mass is 15.5. The molecule has 52 valence electrons. The van der Waals surface area contributed by atoms with Crippen LogP contribution in [0, 0.1) is 5.41 Å². The fraction of sp³-hybridized carbons (Fsp3) is 0.200. The monoisotopic (exact) mass is 137 g/mol. The summed E-state index contributed by atoms with van der Waals surface area (Å²) in [5, 5.41) is 10.3. The molecule has 0 bridgehead atoms. The molecule has 0 amide bonds. The second-order valence-corrected chi connectivity index (χ2v) is 2.00. The largest absolute Gasteiger partial charge is 0.351 e. The van der Waals surface area contributed by atoms with Crippen molar-refractivity contribution in [1.82, 2.24) is 9.66 Å². The lowest BCUT2D eigenvalue weighted by Gasteiger charge is -1.98. The molecule has 1 aromatic heterocycles. The summed E-state index contributed by atoms with van der Waals surface area (Å²) >= 11 is 0. The van der Waals surface area contributed by atoms with E-state index in [9.17, 15) is 0 Å². The molecule has 0 radical (unpaired) electrons. The second-order valence-electron chi connectivity index (χ2n) is 2.00. The Kier molecular flexibility index (Phi) is 0.913. The second kappa shape index (κ2) is 1.73. The molecule has 3 N–H and O–H groups in total. The van der Waals surface area contributed by atoms with E-state index in [1.165, 1.54) is 0 Å². The minimum Gasteiger partial charge on any atom is -0.351 e. The van der Waals surface area contributed by atoms with Crippen molar-refractivity contribution in [2.45, 2.75) is 0 Å². The zero-order valence-corrected chi connectivity index (χ0v) is 5.26. The number of rotatable bonds is 0. The molecule has 0 unspecified atom stereocenters. The summed E-state index contributed by atoms with van der Waals surface area (Å²) in [7, 11) is 0. The Morgan fingerprint density at radius 1 is 1.70 bits per heavy atom. The molecule has 10 heavy (non-hydrogen) atoms. The Balaban J connectivity index is 2.70. The third kappa shape index (κ3) is 0.570. The fourth-order valence-corrected chi connectivity index (χ4v) is 0.932. The molecule has 0 aliphatic carbocycles. The van der Waals surface area contributed by atoms with Crippen LogP contribution in [0.5, 0.6) is 0 Å². The molecule has 0 saturated heterocycles. The summed E-state index contributed by atoms with van der Waals surface area (Å²) in [5.41, 5.74) is 3.15. The minimum absolute atomic E-state index is 0.225. The van der Waals surface area contributed by atoms with Gasteiger partial charge in [-0.25, -0.2) is 9.66 Å². The van der Waals surface area contributed by atoms with Crippen LogP contribution >= 0.6 is 0 Å². The van der Waals surface area contributed by atoms with Gasteiger partial charge in [0.2, 0.25) is 5.62 Å². The zero-order chi connectivity index (χ0) is 6.97. The Bertz CT molecular complexity index is 301. The van der Waals surface area contributed by atoms with Crippen LogP contribution in [0.1, 0.15) is 0 Å². The summed E-state index contributed by atoms with van der Waals surface area (Å²) in [6.07, 6.45) is 1.61. The minimum atomic E-state index is 0.225. The number of hydrogen-bond donors (Lipinski definition) is 3. The van der Waals surface area contributed by atoms with Gasteiger partial charge in [0.15, 0.2) is 0 Å². The van der Waals surface area contributed by atoms with Crippen molar-refractivity contribution in [3.8, 4) is 0 Å². The molecule has 1 aromatic rings. The predicted molar refractivity (Wildman–Crippen MR) is 35.9 cm³/mol. The van der Waals surface area contributed by atoms with Gasteiger partial charge in [0, 0.05) is 6.20 Å². The van der Waals surface area contributed by atoms with Gasteiger partial charge in [0.05, 0.1) is 0 Å². The van der Waals surface area contributed by atoms with Crippen molar-refractivity contribution in [2.24, 2.45) is 0 Å². The van der Waals surface area contributed by atoms with Gasteiger partial charge in [-0.3, -0.25) is 5.41 Å². The summed E-state index contributed by atoms with van der Waals surface area (Å²) in [6, 6.07) is 1.82. The third-order valence-corrected chi connectivity index (χ3v) is 1.39. The van der Waals surface area contributed by atoms with Crippen molar-refractivity contribution < 1.29 is 0 Å². The van der Waals surface area contributed by atoms with Crippen LogP contribution in [-0.4, -0.2) is 16.3 Å². The highest BCUT2D eigenvalue weighted by Crippen LogP contribution is 2.03. The van der Waals surface area contributed by atoms with Gasteiger partial charge in [-0.15, -0.1) is 0 Å². The van der Waals surface area contributed by atoms with Gasteiger partial charge < -0.3 is 10.7 Å². The van der Waals surface area contributed by atoms with E-state index in [0.717, 1.165) is 5.82 Å². The fourth-order valence-electron chi connectivity index (χ4n) is 0.932. The molecule has 0 atom stereocenters.